The number of hydrazine groups is 1. The maximum absolute atomic E-state index is 3.58. The molecule has 1 saturated heterocycles. The van der Waals surface area contributed by atoms with Crippen LogP contribution in [0.15, 0.2) is 28.7 Å². The van der Waals surface area contributed by atoms with Crippen LogP contribution in [0.1, 0.15) is 18.4 Å². The molecule has 2 N–H and O–H groups in total. The fourth-order valence-corrected chi connectivity index (χ4v) is 2.34. The number of benzene rings is 1. The summed E-state index contributed by atoms with van der Waals surface area (Å²) in [4.78, 5) is 0. The minimum Gasteiger partial charge on any atom is -0.257 e. The zero-order valence-electron chi connectivity index (χ0n) is 7.55. The Kier molecular flexibility index (Phi) is 2.67. The van der Waals surface area contributed by atoms with E-state index in [1.165, 1.54) is 10.0 Å². The third-order valence-corrected chi connectivity index (χ3v) is 3.28. The van der Waals surface area contributed by atoms with E-state index in [4.69, 9.17) is 0 Å². The summed E-state index contributed by atoms with van der Waals surface area (Å²) in [5, 5.41) is 0. The van der Waals surface area contributed by atoms with Crippen LogP contribution < -0.4 is 10.9 Å². The molecule has 0 bridgehead atoms. The molecule has 0 aromatic heterocycles. The van der Waals surface area contributed by atoms with Gasteiger partial charge in [-0.3, -0.25) is 10.9 Å². The average Bonchev–Trinajstić information content (AvgIpc) is 2.52. The van der Waals surface area contributed by atoms with Crippen LogP contribution in [0.4, 0.5) is 0 Å². The van der Waals surface area contributed by atoms with Gasteiger partial charge in [0.15, 0.2) is 0 Å². The van der Waals surface area contributed by atoms with E-state index in [0.717, 1.165) is 6.54 Å². The maximum Gasteiger partial charge on any atom is 0.0266 e. The highest BCUT2D eigenvalue weighted by Gasteiger charge is 2.25. The lowest BCUT2D eigenvalue weighted by Crippen LogP contribution is -2.28. The summed E-state index contributed by atoms with van der Waals surface area (Å²) in [7, 11) is 0. The molecule has 3 heteroatoms. The van der Waals surface area contributed by atoms with Crippen LogP contribution in [-0.4, -0.2) is 12.6 Å². The molecule has 2 unspecified atom stereocenters. The predicted molar refractivity (Wildman–Crippen MR) is 57.5 cm³/mol. The molecule has 1 aromatic rings. The fraction of sp³-hybridized carbons (Fsp3) is 0.400. The molecule has 0 amide bonds. The van der Waals surface area contributed by atoms with Crippen molar-refractivity contribution in [3.05, 3.63) is 34.3 Å². The lowest BCUT2D eigenvalue weighted by Gasteiger charge is -2.15. The molecule has 0 spiro atoms. The van der Waals surface area contributed by atoms with Gasteiger partial charge >= 0.3 is 0 Å². The second kappa shape index (κ2) is 3.78. The van der Waals surface area contributed by atoms with Crippen molar-refractivity contribution in [2.75, 3.05) is 6.54 Å². The van der Waals surface area contributed by atoms with Crippen LogP contribution in [0.5, 0.6) is 0 Å². The standard InChI is InChI=1S/C10H13BrN2/c1-7-9(6-12-13-7)8-4-2-3-5-10(8)11/h2-5,7,9,12-13H,6H2,1H3. The summed E-state index contributed by atoms with van der Waals surface area (Å²) < 4.78 is 1.21. The van der Waals surface area contributed by atoms with E-state index >= 15 is 0 Å². The van der Waals surface area contributed by atoms with Crippen molar-refractivity contribution in [2.24, 2.45) is 0 Å². The zero-order valence-corrected chi connectivity index (χ0v) is 9.14. The average molecular weight is 241 g/mol. The quantitative estimate of drug-likeness (QED) is 0.786. The summed E-state index contributed by atoms with van der Waals surface area (Å²) in [5.74, 6) is 0.565. The highest BCUT2D eigenvalue weighted by Crippen LogP contribution is 2.28. The Balaban J connectivity index is 2.29. The van der Waals surface area contributed by atoms with Crippen molar-refractivity contribution in [1.29, 1.82) is 0 Å². The Bertz CT molecular complexity index is 301. The summed E-state index contributed by atoms with van der Waals surface area (Å²) in [6, 6.07) is 8.91. The SMILES string of the molecule is CC1NNCC1c1ccccc1Br. The normalized spacial score (nSPS) is 27.8. The largest absolute Gasteiger partial charge is 0.257 e. The van der Waals surface area contributed by atoms with Crippen LogP contribution in [-0.2, 0) is 0 Å². The van der Waals surface area contributed by atoms with Crippen LogP contribution in [0.2, 0.25) is 0 Å². The van der Waals surface area contributed by atoms with E-state index in [1.54, 1.807) is 0 Å². The van der Waals surface area contributed by atoms with Crippen molar-refractivity contribution in [2.45, 2.75) is 18.9 Å². The van der Waals surface area contributed by atoms with Crippen molar-refractivity contribution < 1.29 is 0 Å². The van der Waals surface area contributed by atoms with Gasteiger partial charge in [-0.2, -0.15) is 0 Å². The highest BCUT2D eigenvalue weighted by molar-refractivity contribution is 9.10. The molecule has 1 heterocycles. The van der Waals surface area contributed by atoms with Crippen LogP contribution >= 0.6 is 15.9 Å². The van der Waals surface area contributed by atoms with Crippen LogP contribution in [0, 0.1) is 0 Å². The maximum atomic E-state index is 3.58. The van der Waals surface area contributed by atoms with Crippen LogP contribution in [0.3, 0.4) is 0 Å². The van der Waals surface area contributed by atoms with E-state index < -0.39 is 0 Å². The molecular formula is C10H13BrN2. The first kappa shape index (κ1) is 9.19. The first-order chi connectivity index (χ1) is 6.29. The monoisotopic (exact) mass is 240 g/mol. The van der Waals surface area contributed by atoms with E-state index in [2.05, 4.69) is 51.9 Å². The van der Waals surface area contributed by atoms with Crippen LogP contribution in [0.25, 0.3) is 0 Å². The molecule has 1 aliphatic heterocycles. The van der Waals surface area contributed by atoms with Crippen molar-refractivity contribution in [3.8, 4) is 0 Å². The van der Waals surface area contributed by atoms with Gasteiger partial charge in [-0.25, -0.2) is 0 Å². The van der Waals surface area contributed by atoms with Gasteiger partial charge in [-0.1, -0.05) is 34.1 Å². The molecule has 1 aliphatic rings. The molecule has 1 aromatic carbocycles. The summed E-state index contributed by atoms with van der Waals surface area (Å²) in [6.07, 6.45) is 0. The fourth-order valence-electron chi connectivity index (χ4n) is 1.76. The number of rotatable bonds is 1. The summed E-state index contributed by atoms with van der Waals surface area (Å²) in [5.41, 5.74) is 7.78. The first-order valence-corrected chi connectivity index (χ1v) is 5.31. The second-order valence-corrected chi connectivity index (χ2v) is 4.30. The topological polar surface area (TPSA) is 24.1 Å². The lowest BCUT2D eigenvalue weighted by atomic mass is 9.94. The Morgan fingerprint density at radius 2 is 2.15 bits per heavy atom. The van der Waals surface area contributed by atoms with Crippen molar-refractivity contribution in [3.63, 3.8) is 0 Å². The van der Waals surface area contributed by atoms with Gasteiger partial charge in [-0.15, -0.1) is 0 Å². The van der Waals surface area contributed by atoms with E-state index in [9.17, 15) is 0 Å². The lowest BCUT2D eigenvalue weighted by molar-refractivity contribution is 0.569. The summed E-state index contributed by atoms with van der Waals surface area (Å²) in [6.45, 7) is 3.20. The van der Waals surface area contributed by atoms with Gasteiger partial charge in [0.2, 0.25) is 0 Å². The molecule has 0 saturated carbocycles. The smallest absolute Gasteiger partial charge is 0.0266 e. The molecule has 2 atom stereocenters. The Morgan fingerprint density at radius 3 is 2.77 bits per heavy atom. The van der Waals surface area contributed by atoms with E-state index in [0.29, 0.717) is 12.0 Å². The van der Waals surface area contributed by atoms with Gasteiger partial charge in [0.1, 0.15) is 0 Å². The molecule has 70 valence electrons. The molecule has 13 heavy (non-hydrogen) atoms. The second-order valence-electron chi connectivity index (χ2n) is 3.44. The van der Waals surface area contributed by atoms with Gasteiger partial charge in [-0.05, 0) is 18.6 Å². The minimum atomic E-state index is 0.499. The van der Waals surface area contributed by atoms with E-state index in [1.807, 2.05) is 6.07 Å². The van der Waals surface area contributed by atoms with Gasteiger partial charge in [0, 0.05) is 23.0 Å². The number of hydrogen-bond donors (Lipinski definition) is 2. The third kappa shape index (κ3) is 1.77. The van der Waals surface area contributed by atoms with Gasteiger partial charge in [0.05, 0.1) is 0 Å². The molecule has 2 nitrogen and oxygen atoms in total. The van der Waals surface area contributed by atoms with Crippen molar-refractivity contribution in [1.82, 2.24) is 10.9 Å². The predicted octanol–water partition coefficient (Wildman–Crippen LogP) is 2.03. The number of hydrogen-bond acceptors (Lipinski definition) is 2. The Labute approximate surface area is 86.8 Å². The molecule has 1 fully saturated rings. The van der Waals surface area contributed by atoms with Gasteiger partial charge < -0.3 is 0 Å². The Hall–Kier alpha value is -0.380. The van der Waals surface area contributed by atoms with Crippen molar-refractivity contribution >= 4 is 15.9 Å². The molecular weight excluding hydrogens is 228 g/mol. The van der Waals surface area contributed by atoms with Gasteiger partial charge in [0.25, 0.3) is 0 Å². The molecule has 2 rings (SSSR count). The first-order valence-electron chi connectivity index (χ1n) is 4.52. The molecule has 0 radical (unpaired) electrons. The molecule has 0 aliphatic carbocycles. The number of nitrogens with one attached hydrogen (secondary N) is 2. The number of halogens is 1. The summed E-state index contributed by atoms with van der Waals surface area (Å²) >= 11 is 3.58. The zero-order chi connectivity index (χ0) is 9.26. The minimum absolute atomic E-state index is 0.499. The van der Waals surface area contributed by atoms with E-state index in [-0.39, 0.29) is 0 Å². The Morgan fingerprint density at radius 1 is 1.38 bits per heavy atom. The highest BCUT2D eigenvalue weighted by atomic mass is 79.9. The third-order valence-electron chi connectivity index (χ3n) is 2.56.